The number of carbonyl (C=O) groups is 1. The molecular weight excluding hydrogens is 364 g/mol. The number of anilines is 1. The van der Waals surface area contributed by atoms with Crippen molar-refractivity contribution in [2.45, 2.75) is 18.7 Å². The van der Waals surface area contributed by atoms with E-state index in [0.29, 0.717) is 5.56 Å². The van der Waals surface area contributed by atoms with E-state index in [0.717, 1.165) is 21.1 Å². The van der Waals surface area contributed by atoms with Gasteiger partial charge in [0, 0.05) is 25.9 Å². The maximum absolute atomic E-state index is 12.5. The predicted octanol–water partition coefficient (Wildman–Crippen LogP) is 3.21. The number of hydrogen-bond acceptors (Lipinski definition) is 4. The summed E-state index contributed by atoms with van der Waals surface area (Å²) in [7, 11) is 0.655. The lowest BCUT2D eigenvalue weighted by Gasteiger charge is -2.15. The molecule has 0 aliphatic rings. The Morgan fingerprint density at radius 1 is 1.15 bits per heavy atom. The van der Waals surface area contributed by atoms with Crippen molar-refractivity contribution in [3.63, 3.8) is 0 Å². The van der Waals surface area contributed by atoms with Crippen molar-refractivity contribution >= 4 is 27.7 Å². The van der Waals surface area contributed by atoms with Gasteiger partial charge in [-0.25, -0.2) is 12.7 Å². The summed E-state index contributed by atoms with van der Waals surface area (Å²) in [4.78, 5) is 12.3. The standard InChI is InChI=1S/C20H24N2O4S/c1-14-7-6-8-17(15(14)2)21-20(23)12-10-16-9-11-18(26-5)19(13-16)27(24,25)22(3)4/h6-13H,1-5H3,(H,21,23)/b12-10+. The van der Waals surface area contributed by atoms with Crippen LogP contribution in [0.1, 0.15) is 16.7 Å². The van der Waals surface area contributed by atoms with E-state index in [2.05, 4.69) is 5.32 Å². The zero-order valence-corrected chi connectivity index (χ0v) is 16.9. The fourth-order valence-electron chi connectivity index (χ4n) is 2.43. The second-order valence-electron chi connectivity index (χ2n) is 6.27. The highest BCUT2D eigenvalue weighted by molar-refractivity contribution is 7.89. The van der Waals surface area contributed by atoms with Gasteiger partial charge < -0.3 is 10.1 Å². The number of aryl methyl sites for hydroxylation is 1. The number of carbonyl (C=O) groups excluding carboxylic acids is 1. The molecule has 2 rings (SSSR count). The number of nitrogens with one attached hydrogen (secondary N) is 1. The fraction of sp³-hybridized carbons (Fsp3) is 0.250. The SMILES string of the molecule is COc1ccc(/C=C/C(=O)Nc2cccc(C)c2C)cc1S(=O)(=O)N(C)C. The van der Waals surface area contributed by atoms with Crippen LogP contribution in [0.15, 0.2) is 47.4 Å². The Balaban J connectivity index is 2.26. The molecule has 6 nitrogen and oxygen atoms in total. The predicted molar refractivity (Wildman–Crippen MR) is 107 cm³/mol. The Kier molecular flexibility index (Phi) is 6.41. The Morgan fingerprint density at radius 3 is 2.48 bits per heavy atom. The van der Waals surface area contributed by atoms with E-state index >= 15 is 0 Å². The van der Waals surface area contributed by atoms with Crippen LogP contribution in [0, 0.1) is 13.8 Å². The molecule has 1 N–H and O–H groups in total. The van der Waals surface area contributed by atoms with E-state index in [1.165, 1.54) is 33.3 Å². The number of methoxy groups -OCH3 is 1. The van der Waals surface area contributed by atoms with Gasteiger partial charge in [-0.1, -0.05) is 18.2 Å². The number of ether oxygens (including phenoxy) is 1. The summed E-state index contributed by atoms with van der Waals surface area (Å²) in [6.45, 7) is 3.92. The molecule has 0 spiro atoms. The van der Waals surface area contributed by atoms with Crippen LogP contribution in [0.25, 0.3) is 6.08 Å². The summed E-state index contributed by atoms with van der Waals surface area (Å²) in [5.74, 6) is -0.0442. The van der Waals surface area contributed by atoms with Gasteiger partial charge in [0.2, 0.25) is 15.9 Å². The molecule has 0 aliphatic carbocycles. The molecule has 0 saturated carbocycles. The van der Waals surface area contributed by atoms with Gasteiger partial charge in [0.05, 0.1) is 7.11 Å². The molecule has 0 saturated heterocycles. The third-order valence-corrected chi connectivity index (χ3v) is 6.07. The number of benzene rings is 2. The minimum absolute atomic E-state index is 0.0482. The van der Waals surface area contributed by atoms with E-state index in [4.69, 9.17) is 4.74 Å². The Bertz CT molecular complexity index is 979. The molecule has 2 aromatic rings. The average molecular weight is 388 g/mol. The normalized spacial score (nSPS) is 11.8. The van der Waals surface area contributed by atoms with Gasteiger partial charge in [0.15, 0.2) is 0 Å². The molecule has 2 aromatic carbocycles. The summed E-state index contributed by atoms with van der Waals surface area (Å²) in [5.41, 5.74) is 3.41. The van der Waals surface area contributed by atoms with Crippen molar-refractivity contribution in [1.82, 2.24) is 4.31 Å². The summed E-state index contributed by atoms with van der Waals surface area (Å²) in [6, 6.07) is 10.4. The van der Waals surface area contributed by atoms with Gasteiger partial charge in [0.1, 0.15) is 10.6 Å². The van der Waals surface area contributed by atoms with E-state index in [-0.39, 0.29) is 16.6 Å². The second-order valence-corrected chi connectivity index (χ2v) is 8.39. The van der Waals surface area contributed by atoms with Crippen molar-refractivity contribution < 1.29 is 17.9 Å². The molecule has 0 fully saturated rings. The smallest absolute Gasteiger partial charge is 0.248 e. The number of amides is 1. The van der Waals surface area contributed by atoms with Crippen LogP contribution in [-0.2, 0) is 14.8 Å². The Hall–Kier alpha value is -2.64. The van der Waals surface area contributed by atoms with Crippen LogP contribution in [0.3, 0.4) is 0 Å². The molecular formula is C20H24N2O4S. The highest BCUT2D eigenvalue weighted by Gasteiger charge is 2.22. The molecule has 0 radical (unpaired) electrons. The van der Waals surface area contributed by atoms with Gasteiger partial charge in [-0.3, -0.25) is 4.79 Å². The van der Waals surface area contributed by atoms with Crippen molar-refractivity contribution in [3.8, 4) is 5.75 Å². The minimum atomic E-state index is -3.67. The molecule has 0 aromatic heterocycles. The summed E-state index contributed by atoms with van der Waals surface area (Å²) >= 11 is 0. The second kappa shape index (κ2) is 8.37. The van der Waals surface area contributed by atoms with E-state index in [1.807, 2.05) is 32.0 Å². The molecule has 0 atom stereocenters. The monoisotopic (exact) mass is 388 g/mol. The molecule has 7 heteroatoms. The zero-order valence-electron chi connectivity index (χ0n) is 16.1. The maximum atomic E-state index is 12.5. The van der Waals surface area contributed by atoms with Gasteiger partial charge in [-0.05, 0) is 54.8 Å². The highest BCUT2D eigenvalue weighted by atomic mass is 32.2. The Morgan fingerprint density at radius 2 is 1.85 bits per heavy atom. The maximum Gasteiger partial charge on any atom is 0.248 e. The van der Waals surface area contributed by atoms with Crippen LogP contribution in [-0.4, -0.2) is 39.8 Å². The highest BCUT2D eigenvalue weighted by Crippen LogP contribution is 2.27. The van der Waals surface area contributed by atoms with Crippen LogP contribution >= 0.6 is 0 Å². The largest absolute Gasteiger partial charge is 0.495 e. The summed E-state index contributed by atoms with van der Waals surface area (Å²) < 4.78 is 31.2. The number of sulfonamides is 1. The first-order valence-corrected chi connectivity index (χ1v) is 9.76. The summed E-state index contributed by atoms with van der Waals surface area (Å²) in [5, 5.41) is 2.83. The van der Waals surface area contributed by atoms with Gasteiger partial charge >= 0.3 is 0 Å². The molecule has 27 heavy (non-hydrogen) atoms. The lowest BCUT2D eigenvalue weighted by molar-refractivity contribution is -0.111. The molecule has 1 amide bonds. The number of nitrogens with zero attached hydrogens (tertiary/aromatic N) is 1. The first kappa shape index (κ1) is 20.7. The molecule has 0 bridgehead atoms. The third kappa shape index (κ3) is 4.75. The lowest BCUT2D eigenvalue weighted by Crippen LogP contribution is -2.22. The van der Waals surface area contributed by atoms with Crippen molar-refractivity contribution in [3.05, 3.63) is 59.2 Å². The van der Waals surface area contributed by atoms with Crippen LogP contribution in [0.4, 0.5) is 5.69 Å². The minimum Gasteiger partial charge on any atom is -0.495 e. The first-order valence-electron chi connectivity index (χ1n) is 8.32. The fourth-order valence-corrected chi connectivity index (χ4v) is 3.51. The average Bonchev–Trinajstić information content (AvgIpc) is 2.63. The molecule has 0 aliphatic heterocycles. The molecule has 144 valence electrons. The third-order valence-electron chi connectivity index (χ3n) is 4.24. The number of hydrogen-bond donors (Lipinski definition) is 1. The lowest BCUT2D eigenvalue weighted by atomic mass is 10.1. The van der Waals surface area contributed by atoms with E-state index < -0.39 is 10.0 Å². The first-order chi connectivity index (χ1) is 12.7. The molecule has 0 heterocycles. The molecule has 0 unspecified atom stereocenters. The van der Waals surface area contributed by atoms with E-state index in [1.54, 1.807) is 18.2 Å². The van der Waals surface area contributed by atoms with Crippen LogP contribution in [0.5, 0.6) is 5.75 Å². The number of rotatable bonds is 6. The van der Waals surface area contributed by atoms with Gasteiger partial charge in [-0.2, -0.15) is 0 Å². The van der Waals surface area contributed by atoms with Crippen molar-refractivity contribution in [2.75, 3.05) is 26.5 Å². The quantitative estimate of drug-likeness (QED) is 0.771. The van der Waals surface area contributed by atoms with Gasteiger partial charge in [0.25, 0.3) is 0 Å². The van der Waals surface area contributed by atoms with Gasteiger partial charge in [-0.15, -0.1) is 0 Å². The van der Waals surface area contributed by atoms with Crippen molar-refractivity contribution in [1.29, 1.82) is 0 Å². The Labute approximate surface area is 160 Å². The van der Waals surface area contributed by atoms with E-state index in [9.17, 15) is 13.2 Å². The van der Waals surface area contributed by atoms with Crippen LogP contribution < -0.4 is 10.1 Å². The zero-order chi connectivity index (χ0) is 20.2. The van der Waals surface area contributed by atoms with Crippen LogP contribution in [0.2, 0.25) is 0 Å². The topological polar surface area (TPSA) is 75.7 Å². The van der Waals surface area contributed by atoms with Crippen molar-refractivity contribution in [2.24, 2.45) is 0 Å². The summed E-state index contributed by atoms with van der Waals surface area (Å²) in [6.07, 6.45) is 2.93.